The topological polar surface area (TPSA) is 52.9 Å². The number of carbonyl (C=O) groups is 1. The van der Waals surface area contributed by atoms with Crippen LogP contribution in [0.5, 0.6) is 0 Å². The number of rotatable bonds is 3. The highest BCUT2D eigenvalue weighted by Crippen LogP contribution is 2.18. The first-order chi connectivity index (χ1) is 6.65. The second-order valence-electron chi connectivity index (χ2n) is 3.24. The van der Waals surface area contributed by atoms with Gasteiger partial charge in [0.25, 0.3) is 0 Å². The van der Waals surface area contributed by atoms with E-state index < -0.39 is 6.04 Å². The average Bonchev–Trinajstić information content (AvgIpc) is 2.66. The molecule has 1 amide bonds. The number of carbonyl (C=O) groups excluding carboxylic acids is 1. The van der Waals surface area contributed by atoms with E-state index in [4.69, 9.17) is 5.26 Å². The fraction of sp³-hybridized carbons (Fsp3) is 0.400. The summed E-state index contributed by atoms with van der Waals surface area (Å²) in [5.74, 6) is -0.184. The van der Waals surface area contributed by atoms with E-state index in [-0.39, 0.29) is 11.8 Å². The van der Waals surface area contributed by atoms with Gasteiger partial charge in [-0.15, -0.1) is 11.3 Å². The van der Waals surface area contributed by atoms with Crippen molar-refractivity contribution in [2.75, 3.05) is 0 Å². The number of thiophene rings is 1. The lowest BCUT2D eigenvalue weighted by atomic mass is 10.2. The molecule has 0 aliphatic rings. The molecule has 1 atom stereocenters. The SMILES string of the molecule is CC(C)C(=O)NC(C#N)c1cccs1. The van der Waals surface area contributed by atoms with E-state index in [9.17, 15) is 4.79 Å². The summed E-state index contributed by atoms with van der Waals surface area (Å²) in [7, 11) is 0. The molecule has 3 nitrogen and oxygen atoms in total. The maximum Gasteiger partial charge on any atom is 0.223 e. The zero-order valence-electron chi connectivity index (χ0n) is 8.15. The van der Waals surface area contributed by atoms with Gasteiger partial charge in [-0.1, -0.05) is 19.9 Å². The first-order valence-electron chi connectivity index (χ1n) is 4.38. The summed E-state index contributed by atoms with van der Waals surface area (Å²) in [4.78, 5) is 12.2. The Balaban J connectivity index is 2.67. The molecule has 1 rings (SSSR count). The van der Waals surface area contributed by atoms with Crippen molar-refractivity contribution < 1.29 is 4.79 Å². The molecule has 0 radical (unpaired) electrons. The minimum Gasteiger partial charge on any atom is -0.336 e. The molecule has 1 unspecified atom stereocenters. The fourth-order valence-electron chi connectivity index (χ4n) is 0.931. The van der Waals surface area contributed by atoms with E-state index >= 15 is 0 Å². The molecule has 0 saturated carbocycles. The van der Waals surface area contributed by atoms with Crippen LogP contribution in [0.15, 0.2) is 17.5 Å². The van der Waals surface area contributed by atoms with Crippen molar-refractivity contribution in [3.8, 4) is 6.07 Å². The standard InChI is InChI=1S/C10H12N2OS/c1-7(2)10(13)12-8(6-11)9-4-3-5-14-9/h3-5,7-8H,1-2H3,(H,12,13). The van der Waals surface area contributed by atoms with Crippen molar-refractivity contribution >= 4 is 17.2 Å². The summed E-state index contributed by atoms with van der Waals surface area (Å²) < 4.78 is 0. The minimum atomic E-state index is -0.509. The summed E-state index contributed by atoms with van der Waals surface area (Å²) in [6.07, 6.45) is 0. The second kappa shape index (κ2) is 4.77. The molecule has 0 fully saturated rings. The van der Waals surface area contributed by atoms with E-state index in [0.717, 1.165) is 4.88 Å². The van der Waals surface area contributed by atoms with Crippen LogP contribution in [0.4, 0.5) is 0 Å². The zero-order valence-corrected chi connectivity index (χ0v) is 8.97. The van der Waals surface area contributed by atoms with Crippen molar-refractivity contribution in [2.45, 2.75) is 19.9 Å². The number of hydrogen-bond donors (Lipinski definition) is 1. The van der Waals surface area contributed by atoms with Crippen LogP contribution in [-0.4, -0.2) is 5.91 Å². The van der Waals surface area contributed by atoms with Gasteiger partial charge in [-0.05, 0) is 11.4 Å². The second-order valence-corrected chi connectivity index (χ2v) is 4.22. The molecule has 1 aromatic rings. The highest BCUT2D eigenvalue weighted by Gasteiger charge is 2.16. The van der Waals surface area contributed by atoms with Gasteiger partial charge in [0.2, 0.25) is 5.91 Å². The van der Waals surface area contributed by atoms with E-state index in [2.05, 4.69) is 11.4 Å². The van der Waals surface area contributed by atoms with Gasteiger partial charge in [0.05, 0.1) is 6.07 Å². The molecule has 0 aliphatic heterocycles. The number of nitrogens with zero attached hydrogens (tertiary/aromatic N) is 1. The molecule has 4 heteroatoms. The van der Waals surface area contributed by atoms with E-state index in [0.29, 0.717) is 0 Å². The van der Waals surface area contributed by atoms with E-state index in [1.807, 2.05) is 17.5 Å². The smallest absolute Gasteiger partial charge is 0.223 e. The Morgan fingerprint density at radius 1 is 1.64 bits per heavy atom. The van der Waals surface area contributed by atoms with Crippen LogP contribution < -0.4 is 5.32 Å². The Hall–Kier alpha value is -1.34. The van der Waals surface area contributed by atoms with Gasteiger partial charge >= 0.3 is 0 Å². The number of amides is 1. The maximum atomic E-state index is 11.3. The molecule has 0 bridgehead atoms. The monoisotopic (exact) mass is 208 g/mol. The van der Waals surface area contributed by atoms with Gasteiger partial charge in [0.15, 0.2) is 6.04 Å². The molecule has 0 aliphatic carbocycles. The van der Waals surface area contributed by atoms with E-state index in [1.165, 1.54) is 11.3 Å². The lowest BCUT2D eigenvalue weighted by Crippen LogP contribution is -2.30. The molecule has 0 saturated heterocycles. The summed E-state index contributed by atoms with van der Waals surface area (Å²) >= 11 is 1.47. The highest BCUT2D eigenvalue weighted by molar-refractivity contribution is 7.10. The van der Waals surface area contributed by atoms with Crippen LogP contribution >= 0.6 is 11.3 Å². The molecular formula is C10H12N2OS. The first kappa shape index (κ1) is 10.7. The van der Waals surface area contributed by atoms with Gasteiger partial charge in [-0.25, -0.2) is 0 Å². The summed E-state index contributed by atoms with van der Waals surface area (Å²) in [6, 6.07) is 5.27. The third-order valence-corrected chi connectivity index (χ3v) is 2.70. The van der Waals surface area contributed by atoms with Crippen LogP contribution in [0.2, 0.25) is 0 Å². The molecular weight excluding hydrogens is 196 g/mol. The Bertz CT molecular complexity index is 338. The predicted molar refractivity (Wildman–Crippen MR) is 55.7 cm³/mol. The van der Waals surface area contributed by atoms with Gasteiger partial charge in [-0.2, -0.15) is 5.26 Å². The molecule has 0 spiro atoms. The van der Waals surface area contributed by atoms with Crippen LogP contribution in [0.3, 0.4) is 0 Å². The van der Waals surface area contributed by atoms with E-state index in [1.54, 1.807) is 13.8 Å². The maximum absolute atomic E-state index is 11.3. The third-order valence-electron chi connectivity index (χ3n) is 1.77. The van der Waals surface area contributed by atoms with Crippen molar-refractivity contribution in [2.24, 2.45) is 5.92 Å². The Labute approximate surface area is 87.4 Å². The van der Waals surface area contributed by atoms with Gasteiger partial charge < -0.3 is 5.32 Å². The molecule has 1 N–H and O–H groups in total. The first-order valence-corrected chi connectivity index (χ1v) is 5.26. The zero-order chi connectivity index (χ0) is 10.6. The fourth-order valence-corrected chi connectivity index (χ4v) is 1.65. The Morgan fingerprint density at radius 2 is 2.36 bits per heavy atom. The van der Waals surface area contributed by atoms with Gasteiger partial charge in [0.1, 0.15) is 0 Å². The highest BCUT2D eigenvalue weighted by atomic mass is 32.1. The van der Waals surface area contributed by atoms with Crippen LogP contribution in [-0.2, 0) is 4.79 Å². The number of hydrogen-bond acceptors (Lipinski definition) is 3. The normalized spacial score (nSPS) is 12.1. The van der Waals surface area contributed by atoms with Crippen LogP contribution in [0, 0.1) is 17.2 Å². The molecule has 0 aromatic carbocycles. The van der Waals surface area contributed by atoms with Gasteiger partial charge in [-0.3, -0.25) is 4.79 Å². The lowest BCUT2D eigenvalue weighted by Gasteiger charge is -2.11. The van der Waals surface area contributed by atoms with Crippen LogP contribution in [0.1, 0.15) is 24.8 Å². The lowest BCUT2D eigenvalue weighted by molar-refractivity contribution is -0.124. The average molecular weight is 208 g/mol. The molecule has 14 heavy (non-hydrogen) atoms. The Kier molecular flexibility index (Phi) is 3.66. The quantitative estimate of drug-likeness (QED) is 0.826. The van der Waals surface area contributed by atoms with Crippen molar-refractivity contribution in [1.82, 2.24) is 5.32 Å². The Morgan fingerprint density at radius 3 is 2.79 bits per heavy atom. The summed E-state index contributed by atoms with van der Waals surface area (Å²) in [5, 5.41) is 13.4. The molecule has 74 valence electrons. The van der Waals surface area contributed by atoms with Crippen molar-refractivity contribution in [3.63, 3.8) is 0 Å². The minimum absolute atomic E-state index is 0.0918. The van der Waals surface area contributed by atoms with Gasteiger partial charge in [0, 0.05) is 10.8 Å². The number of nitrogens with one attached hydrogen (secondary N) is 1. The number of nitriles is 1. The summed E-state index contributed by atoms with van der Waals surface area (Å²) in [6.45, 7) is 3.61. The summed E-state index contributed by atoms with van der Waals surface area (Å²) in [5.41, 5.74) is 0. The third kappa shape index (κ3) is 2.57. The molecule has 1 aromatic heterocycles. The predicted octanol–water partition coefficient (Wildman–Crippen LogP) is 2.08. The van der Waals surface area contributed by atoms with Crippen LogP contribution in [0.25, 0.3) is 0 Å². The van der Waals surface area contributed by atoms with Crippen molar-refractivity contribution in [3.05, 3.63) is 22.4 Å². The molecule has 1 heterocycles. The largest absolute Gasteiger partial charge is 0.336 e. The van der Waals surface area contributed by atoms with Crippen molar-refractivity contribution in [1.29, 1.82) is 5.26 Å².